The maximum atomic E-state index is 12.5. The van der Waals surface area contributed by atoms with Crippen LogP contribution in [0.4, 0.5) is 13.2 Å². The van der Waals surface area contributed by atoms with E-state index in [1.54, 1.807) is 0 Å². The second-order valence-electron chi connectivity index (χ2n) is 5.95. The minimum atomic E-state index is -4.51. The van der Waals surface area contributed by atoms with E-state index in [9.17, 15) is 22.8 Å². The highest BCUT2D eigenvalue weighted by Crippen LogP contribution is 2.28. The Balaban J connectivity index is 2.13. The predicted molar refractivity (Wildman–Crippen MR) is 82.5 cm³/mol. The second-order valence-corrected chi connectivity index (χ2v) is 5.95. The van der Waals surface area contributed by atoms with Gasteiger partial charge in [-0.2, -0.15) is 13.2 Å². The lowest BCUT2D eigenvalue weighted by molar-refractivity contribution is -0.140. The number of halogens is 3. The molecule has 0 saturated heterocycles. The topological polar surface area (TPSA) is 110 Å². The van der Waals surface area contributed by atoms with Crippen LogP contribution < -0.4 is 5.32 Å². The van der Waals surface area contributed by atoms with Gasteiger partial charge in [-0.05, 0) is 24.5 Å². The molecule has 2 aromatic heterocycles. The Morgan fingerprint density at radius 3 is 2.50 bits per heavy atom. The first-order valence-corrected chi connectivity index (χ1v) is 7.57. The number of alkyl halides is 3. The van der Waals surface area contributed by atoms with Crippen LogP contribution >= 0.6 is 0 Å². The van der Waals surface area contributed by atoms with Gasteiger partial charge in [-0.25, -0.2) is 14.5 Å². The van der Waals surface area contributed by atoms with E-state index < -0.39 is 29.7 Å². The minimum Gasteiger partial charge on any atom is -0.480 e. The summed E-state index contributed by atoms with van der Waals surface area (Å²) in [7, 11) is 0. The summed E-state index contributed by atoms with van der Waals surface area (Å²) in [5, 5.41) is 18.7. The smallest absolute Gasteiger partial charge is 0.417 e. The third-order valence-electron chi connectivity index (χ3n) is 3.35. The number of rotatable bonds is 6. The SMILES string of the molecule is CC(C)C[C@@H](NC(=O)c1cn(-c2ccc(C(F)(F)F)cn2)nn1)C(=O)O. The Morgan fingerprint density at radius 2 is 2.00 bits per heavy atom. The van der Waals surface area contributed by atoms with Crippen molar-refractivity contribution in [3.63, 3.8) is 0 Å². The highest BCUT2D eigenvalue weighted by molar-refractivity contribution is 5.94. The molecule has 2 N–H and O–H groups in total. The molecule has 0 aliphatic carbocycles. The van der Waals surface area contributed by atoms with Crippen LogP contribution in [0.1, 0.15) is 36.3 Å². The van der Waals surface area contributed by atoms with Crippen LogP contribution in [-0.2, 0) is 11.0 Å². The van der Waals surface area contributed by atoms with E-state index >= 15 is 0 Å². The summed E-state index contributed by atoms with van der Waals surface area (Å²) in [5.74, 6) is -1.86. The molecule has 0 aliphatic heterocycles. The maximum absolute atomic E-state index is 12.5. The molecule has 2 heterocycles. The molecule has 1 amide bonds. The molecular formula is C15H16F3N5O3. The Labute approximate surface area is 146 Å². The summed E-state index contributed by atoms with van der Waals surface area (Å²) in [5.41, 5.74) is -1.10. The molecule has 1 atom stereocenters. The molecule has 0 fully saturated rings. The average Bonchev–Trinajstić information content (AvgIpc) is 3.03. The number of carbonyl (C=O) groups excluding carboxylic acids is 1. The van der Waals surface area contributed by atoms with Crippen molar-refractivity contribution in [3.8, 4) is 5.82 Å². The monoisotopic (exact) mass is 371 g/mol. The zero-order valence-corrected chi connectivity index (χ0v) is 13.9. The highest BCUT2D eigenvalue weighted by atomic mass is 19.4. The van der Waals surface area contributed by atoms with Crippen LogP contribution in [0.5, 0.6) is 0 Å². The van der Waals surface area contributed by atoms with E-state index in [2.05, 4.69) is 20.6 Å². The average molecular weight is 371 g/mol. The molecule has 0 saturated carbocycles. The first kappa shape index (κ1) is 19.3. The van der Waals surface area contributed by atoms with Crippen molar-refractivity contribution >= 4 is 11.9 Å². The van der Waals surface area contributed by atoms with Crippen molar-refractivity contribution in [1.82, 2.24) is 25.3 Å². The fraction of sp³-hybridized carbons (Fsp3) is 0.400. The summed E-state index contributed by atoms with van der Waals surface area (Å²) in [6.07, 6.45) is -2.49. The number of carbonyl (C=O) groups is 2. The van der Waals surface area contributed by atoms with Gasteiger partial charge in [-0.15, -0.1) is 5.10 Å². The molecule has 2 aromatic rings. The van der Waals surface area contributed by atoms with Gasteiger partial charge < -0.3 is 10.4 Å². The molecule has 0 aromatic carbocycles. The third-order valence-corrected chi connectivity index (χ3v) is 3.35. The van der Waals surface area contributed by atoms with E-state index in [1.165, 1.54) is 0 Å². The Bertz CT molecular complexity index is 787. The van der Waals surface area contributed by atoms with E-state index in [4.69, 9.17) is 5.11 Å². The van der Waals surface area contributed by atoms with Gasteiger partial charge in [0.1, 0.15) is 6.04 Å². The predicted octanol–water partition coefficient (Wildman–Crippen LogP) is 1.91. The van der Waals surface area contributed by atoms with Crippen LogP contribution in [0.2, 0.25) is 0 Å². The number of aliphatic carboxylic acids is 1. The molecule has 0 bridgehead atoms. The number of nitrogens with zero attached hydrogens (tertiary/aromatic N) is 4. The first-order chi connectivity index (χ1) is 12.1. The van der Waals surface area contributed by atoms with Crippen molar-refractivity contribution in [2.45, 2.75) is 32.5 Å². The molecule has 2 rings (SSSR count). The zero-order chi connectivity index (χ0) is 19.5. The van der Waals surface area contributed by atoms with E-state index in [0.717, 1.165) is 23.0 Å². The number of hydrogen-bond donors (Lipinski definition) is 2. The van der Waals surface area contributed by atoms with Crippen LogP contribution in [0.15, 0.2) is 24.5 Å². The molecule has 0 spiro atoms. The fourth-order valence-electron chi connectivity index (χ4n) is 2.09. The van der Waals surface area contributed by atoms with Crippen LogP contribution in [-0.4, -0.2) is 43.0 Å². The minimum absolute atomic E-state index is 0.0292. The number of aromatic nitrogens is 4. The Morgan fingerprint density at radius 1 is 1.31 bits per heavy atom. The molecule has 140 valence electrons. The molecule has 26 heavy (non-hydrogen) atoms. The Hall–Kier alpha value is -2.98. The fourth-order valence-corrected chi connectivity index (χ4v) is 2.09. The number of nitrogens with one attached hydrogen (secondary N) is 1. The second kappa shape index (κ2) is 7.50. The lowest BCUT2D eigenvalue weighted by Gasteiger charge is -2.15. The van der Waals surface area contributed by atoms with Crippen molar-refractivity contribution in [2.75, 3.05) is 0 Å². The molecule has 0 unspecified atom stereocenters. The van der Waals surface area contributed by atoms with E-state index in [-0.39, 0.29) is 23.9 Å². The van der Waals surface area contributed by atoms with Gasteiger partial charge in [-0.1, -0.05) is 19.1 Å². The molecular weight excluding hydrogens is 355 g/mol. The van der Waals surface area contributed by atoms with Crippen LogP contribution in [0.3, 0.4) is 0 Å². The summed E-state index contributed by atoms with van der Waals surface area (Å²) in [6.45, 7) is 3.63. The zero-order valence-electron chi connectivity index (χ0n) is 13.9. The van der Waals surface area contributed by atoms with Crippen molar-refractivity contribution in [2.24, 2.45) is 5.92 Å². The summed E-state index contributed by atoms with van der Waals surface area (Å²) in [6, 6.07) is 0.821. The molecule has 11 heteroatoms. The van der Waals surface area contributed by atoms with Gasteiger partial charge in [0.2, 0.25) is 0 Å². The van der Waals surface area contributed by atoms with E-state index in [1.807, 2.05) is 13.8 Å². The lowest BCUT2D eigenvalue weighted by Crippen LogP contribution is -2.41. The molecule has 8 nitrogen and oxygen atoms in total. The van der Waals surface area contributed by atoms with Gasteiger partial charge in [0.05, 0.1) is 11.8 Å². The van der Waals surface area contributed by atoms with Gasteiger partial charge >= 0.3 is 12.1 Å². The summed E-state index contributed by atoms with van der Waals surface area (Å²) >= 11 is 0. The lowest BCUT2D eigenvalue weighted by atomic mass is 10.0. The number of hydrogen-bond acceptors (Lipinski definition) is 5. The van der Waals surface area contributed by atoms with Gasteiger partial charge in [0.15, 0.2) is 11.5 Å². The van der Waals surface area contributed by atoms with Crippen molar-refractivity contribution in [1.29, 1.82) is 0 Å². The normalized spacial score (nSPS) is 12.8. The maximum Gasteiger partial charge on any atom is 0.417 e. The molecule has 0 aliphatic rings. The number of pyridine rings is 1. The quantitative estimate of drug-likeness (QED) is 0.803. The highest BCUT2D eigenvalue weighted by Gasteiger charge is 2.30. The van der Waals surface area contributed by atoms with Crippen molar-refractivity contribution < 1.29 is 27.9 Å². The Kier molecular flexibility index (Phi) is 5.58. The van der Waals surface area contributed by atoms with Crippen LogP contribution in [0.25, 0.3) is 5.82 Å². The van der Waals surface area contributed by atoms with Gasteiger partial charge in [-0.3, -0.25) is 4.79 Å². The van der Waals surface area contributed by atoms with E-state index in [0.29, 0.717) is 6.20 Å². The number of carboxylic acids is 1. The largest absolute Gasteiger partial charge is 0.480 e. The summed E-state index contributed by atoms with van der Waals surface area (Å²) < 4.78 is 38.6. The third kappa shape index (κ3) is 4.77. The van der Waals surface area contributed by atoms with Gasteiger partial charge in [0.25, 0.3) is 5.91 Å². The van der Waals surface area contributed by atoms with Gasteiger partial charge in [0, 0.05) is 6.20 Å². The van der Waals surface area contributed by atoms with Crippen molar-refractivity contribution in [3.05, 3.63) is 35.8 Å². The number of carboxylic acid groups (broad SMARTS) is 1. The summed E-state index contributed by atoms with van der Waals surface area (Å²) in [4.78, 5) is 26.9. The standard InChI is InChI=1S/C15H16F3N5O3/c1-8(2)5-10(14(25)26)20-13(24)11-7-23(22-21-11)12-4-3-9(6-19-12)15(16,17)18/h3-4,6-8,10H,5H2,1-2H3,(H,20,24)(H,25,26)/t10-/m1/s1. The van der Waals surface area contributed by atoms with Crippen LogP contribution in [0, 0.1) is 5.92 Å². The first-order valence-electron chi connectivity index (χ1n) is 7.57. The molecule has 0 radical (unpaired) electrons. The number of amides is 1.